The maximum absolute atomic E-state index is 2.65. The van der Waals surface area contributed by atoms with Gasteiger partial charge in [-0.2, -0.15) is 0 Å². The summed E-state index contributed by atoms with van der Waals surface area (Å²) in [4.78, 5) is 0. The lowest BCUT2D eigenvalue weighted by Crippen LogP contribution is -2.40. The van der Waals surface area contributed by atoms with Gasteiger partial charge in [0.05, 0.1) is 0 Å². The van der Waals surface area contributed by atoms with Gasteiger partial charge in [-0.1, -0.05) is 192 Å². The summed E-state index contributed by atoms with van der Waals surface area (Å²) < 4.78 is 0. The molecular weight excluding hydrogens is 565 g/mol. The molecule has 0 spiro atoms. The Balaban J connectivity index is 3.74. The molecule has 0 bridgehead atoms. The summed E-state index contributed by atoms with van der Waals surface area (Å²) in [5.41, 5.74) is 14.9. The van der Waals surface area contributed by atoms with Crippen molar-refractivity contribution in [2.24, 2.45) is 0 Å². The summed E-state index contributed by atoms with van der Waals surface area (Å²) in [6, 6.07) is 5.29. The Morgan fingerprint density at radius 2 is 0.383 bits per heavy atom. The van der Waals surface area contributed by atoms with Crippen molar-refractivity contribution in [2.45, 2.75) is 229 Å². The van der Waals surface area contributed by atoms with Gasteiger partial charge in [-0.15, -0.1) is 0 Å². The first-order valence-electron chi connectivity index (χ1n) is 18.7. The Morgan fingerprint density at radius 3 is 0.532 bits per heavy atom. The van der Waals surface area contributed by atoms with E-state index in [-0.39, 0.29) is 48.7 Å². The molecule has 0 heteroatoms. The van der Waals surface area contributed by atoms with Gasteiger partial charge in [0, 0.05) is 5.41 Å². The molecule has 0 aliphatic rings. The van der Waals surface area contributed by atoms with Gasteiger partial charge in [0.25, 0.3) is 0 Å². The van der Waals surface area contributed by atoms with Gasteiger partial charge in [-0.05, 0) is 99.0 Å². The molecule has 0 saturated carbocycles. The Bertz CT molecular complexity index is 1350. The van der Waals surface area contributed by atoms with Crippen molar-refractivity contribution >= 4 is 0 Å². The van der Waals surface area contributed by atoms with E-state index in [1.807, 2.05) is 0 Å². The van der Waals surface area contributed by atoms with E-state index in [0.717, 1.165) is 0 Å². The fourth-order valence-electron chi connectivity index (χ4n) is 8.21. The molecule has 0 saturated heterocycles. The van der Waals surface area contributed by atoms with Crippen LogP contribution in [0.1, 0.15) is 236 Å². The fraction of sp³-hybridized carbons (Fsp3) is 0.745. The first-order chi connectivity index (χ1) is 20.2. The summed E-state index contributed by atoms with van der Waals surface area (Å²) in [5, 5.41) is 0. The first-order valence-corrected chi connectivity index (χ1v) is 18.7. The average molecular weight is 645 g/mol. The van der Waals surface area contributed by atoms with Crippen LogP contribution in [0.15, 0.2) is 12.1 Å². The Kier molecular flexibility index (Phi) is 10.4. The van der Waals surface area contributed by atoms with E-state index in [1.165, 1.54) is 22.3 Å². The number of hydrogen-bond donors (Lipinski definition) is 0. The zero-order valence-electron chi connectivity index (χ0n) is 36.7. The highest BCUT2D eigenvalue weighted by Crippen LogP contribution is 2.55. The van der Waals surface area contributed by atoms with Gasteiger partial charge >= 0.3 is 0 Å². The summed E-state index contributed by atoms with van der Waals surface area (Å²) in [5.74, 6) is 0. The second kappa shape index (κ2) is 11.8. The number of rotatable bonds is 2. The molecule has 0 N–H and O–H groups in total. The van der Waals surface area contributed by atoms with Crippen LogP contribution in [0.5, 0.6) is 0 Å². The quantitative estimate of drug-likeness (QED) is 0.305. The molecule has 0 nitrogen and oxygen atoms in total. The van der Waals surface area contributed by atoms with Crippen molar-refractivity contribution in [3.63, 3.8) is 0 Å². The predicted octanol–water partition coefficient (Wildman–Crippen LogP) is 14.4. The van der Waals surface area contributed by atoms with Crippen molar-refractivity contribution in [2.75, 3.05) is 0 Å². The van der Waals surface area contributed by atoms with Gasteiger partial charge in [-0.3, -0.25) is 0 Å². The molecule has 47 heavy (non-hydrogen) atoms. The van der Waals surface area contributed by atoms with E-state index < -0.39 is 0 Å². The zero-order chi connectivity index (χ0) is 37.7. The van der Waals surface area contributed by atoms with E-state index >= 15 is 0 Å². The Hall–Kier alpha value is -1.56. The standard InChI is InChI=1S/C47H80/c1-39(2,3)29-27-31(41(7,8)9)35(37(45(19,20)21)33(29)43(13,14)15)47(25,26)36-32(42(10,11)12)28-30(40(4,5)6)34(44(16,17)18)38(36)46(22,23)24/h27-28H,1-26H3. The third-order valence-electron chi connectivity index (χ3n) is 10.1. The van der Waals surface area contributed by atoms with Crippen LogP contribution in [0.3, 0.4) is 0 Å². The topological polar surface area (TPSA) is 0 Å². The second-order valence-corrected chi connectivity index (χ2v) is 23.8. The van der Waals surface area contributed by atoms with Gasteiger partial charge in [0.2, 0.25) is 0 Å². The minimum atomic E-state index is -0.275. The highest BCUT2D eigenvalue weighted by atomic mass is 14.5. The maximum atomic E-state index is 2.65. The molecule has 0 aliphatic carbocycles. The number of benzene rings is 2. The number of hydrogen-bond acceptors (Lipinski definition) is 0. The summed E-state index contributed by atoms with van der Waals surface area (Å²) >= 11 is 0. The summed E-state index contributed by atoms with van der Waals surface area (Å²) in [6.45, 7) is 63.7. The highest BCUT2D eigenvalue weighted by molar-refractivity contribution is 5.65. The minimum Gasteiger partial charge on any atom is -0.0561 e. The van der Waals surface area contributed by atoms with Crippen molar-refractivity contribution in [1.29, 1.82) is 0 Å². The van der Waals surface area contributed by atoms with E-state index in [9.17, 15) is 0 Å². The average Bonchev–Trinajstić information content (AvgIpc) is 2.76. The SMILES string of the molecule is CC(C)(C)c1cc(C(C)(C)C)c(C(C)(C)c2c(C(C)(C)C)cc(C(C)(C)C)c(C(C)(C)C)c2C(C)(C)C)c(C(C)(C)C)c1C(C)(C)C. The molecular formula is C47H80. The van der Waals surface area contributed by atoms with Crippen LogP contribution in [0, 0.1) is 0 Å². The molecule has 0 amide bonds. The lowest BCUT2D eigenvalue weighted by Gasteiger charge is -2.48. The van der Waals surface area contributed by atoms with E-state index in [4.69, 9.17) is 0 Å². The van der Waals surface area contributed by atoms with Gasteiger partial charge in [0.15, 0.2) is 0 Å². The van der Waals surface area contributed by atoms with Gasteiger partial charge in [0.1, 0.15) is 0 Å². The molecule has 0 aliphatic heterocycles. The summed E-state index contributed by atoms with van der Waals surface area (Å²) in [6.07, 6.45) is 0. The van der Waals surface area contributed by atoms with Gasteiger partial charge < -0.3 is 0 Å². The normalized spacial score (nSPS) is 15.0. The molecule has 0 unspecified atom stereocenters. The third kappa shape index (κ3) is 8.26. The van der Waals surface area contributed by atoms with E-state index in [2.05, 4.69) is 192 Å². The largest absolute Gasteiger partial charge is 0.0561 e. The van der Waals surface area contributed by atoms with Crippen molar-refractivity contribution < 1.29 is 0 Å². The lowest BCUT2D eigenvalue weighted by atomic mass is 9.55. The van der Waals surface area contributed by atoms with Crippen LogP contribution >= 0.6 is 0 Å². The lowest BCUT2D eigenvalue weighted by molar-refractivity contribution is 0.447. The fourth-order valence-corrected chi connectivity index (χ4v) is 8.21. The molecule has 0 heterocycles. The Labute approximate surface area is 295 Å². The minimum absolute atomic E-state index is 0.0150. The van der Waals surface area contributed by atoms with Crippen LogP contribution in [-0.2, 0) is 48.7 Å². The predicted molar refractivity (Wildman–Crippen MR) is 215 cm³/mol. The molecule has 0 atom stereocenters. The smallest absolute Gasteiger partial charge is 0.0158 e. The van der Waals surface area contributed by atoms with Crippen LogP contribution in [-0.4, -0.2) is 0 Å². The zero-order valence-corrected chi connectivity index (χ0v) is 36.7. The third-order valence-corrected chi connectivity index (χ3v) is 10.1. The van der Waals surface area contributed by atoms with Crippen molar-refractivity contribution in [3.05, 3.63) is 67.8 Å². The van der Waals surface area contributed by atoms with Crippen LogP contribution in [0.25, 0.3) is 0 Å². The monoisotopic (exact) mass is 645 g/mol. The molecule has 0 radical (unpaired) electrons. The van der Waals surface area contributed by atoms with Gasteiger partial charge in [-0.25, -0.2) is 0 Å². The Morgan fingerprint density at radius 1 is 0.213 bits per heavy atom. The van der Waals surface area contributed by atoms with E-state index in [1.54, 1.807) is 33.4 Å². The highest BCUT2D eigenvalue weighted by Gasteiger charge is 2.46. The molecule has 0 fully saturated rings. The van der Waals surface area contributed by atoms with Crippen LogP contribution < -0.4 is 0 Å². The molecule has 2 rings (SSSR count). The maximum Gasteiger partial charge on any atom is 0.0158 e. The second-order valence-electron chi connectivity index (χ2n) is 23.8. The van der Waals surface area contributed by atoms with Crippen molar-refractivity contribution in [1.82, 2.24) is 0 Å². The van der Waals surface area contributed by atoms with Crippen LogP contribution in [0.2, 0.25) is 0 Å². The van der Waals surface area contributed by atoms with Crippen LogP contribution in [0.4, 0.5) is 0 Å². The molecule has 0 aromatic heterocycles. The van der Waals surface area contributed by atoms with Crippen molar-refractivity contribution in [3.8, 4) is 0 Å². The molecule has 2 aromatic carbocycles. The molecule has 2 aromatic rings. The molecule has 268 valence electrons. The summed E-state index contributed by atoms with van der Waals surface area (Å²) in [7, 11) is 0. The first kappa shape index (κ1) is 41.6. The van der Waals surface area contributed by atoms with E-state index in [0.29, 0.717) is 0 Å².